The quantitative estimate of drug-likeness (QED) is 0.764. The van der Waals surface area contributed by atoms with Crippen molar-refractivity contribution in [3.05, 3.63) is 23.8 Å². The first-order valence-corrected chi connectivity index (χ1v) is 5.95. The number of nitrogens with zero attached hydrogens (tertiary/aromatic N) is 2. The zero-order chi connectivity index (χ0) is 9.97. The minimum Gasteiger partial charge on any atom is -0.300 e. The van der Waals surface area contributed by atoms with Crippen LogP contribution >= 0.6 is 11.8 Å². The van der Waals surface area contributed by atoms with Gasteiger partial charge in [0.15, 0.2) is 0 Å². The Balaban J connectivity index is 2.08. The van der Waals surface area contributed by atoms with Gasteiger partial charge in [0, 0.05) is 6.20 Å². The molecule has 14 heavy (non-hydrogen) atoms. The van der Waals surface area contributed by atoms with E-state index in [9.17, 15) is 0 Å². The first-order valence-electron chi connectivity index (χ1n) is 4.90. The van der Waals surface area contributed by atoms with Gasteiger partial charge in [0.2, 0.25) is 0 Å². The monoisotopic (exact) mass is 209 g/mol. The highest BCUT2D eigenvalue weighted by Gasteiger charge is 2.20. The van der Waals surface area contributed by atoms with Crippen molar-refractivity contribution in [1.82, 2.24) is 15.3 Å². The van der Waals surface area contributed by atoms with E-state index in [2.05, 4.69) is 22.2 Å². The van der Waals surface area contributed by atoms with Gasteiger partial charge in [-0.25, -0.2) is 9.97 Å². The molecule has 2 heterocycles. The van der Waals surface area contributed by atoms with Crippen LogP contribution in [0, 0.1) is 12.8 Å². The Labute approximate surface area is 88.7 Å². The fraction of sp³-hybridized carbons (Fsp3) is 0.600. The molecule has 2 unspecified atom stereocenters. The minimum absolute atomic E-state index is 0.355. The van der Waals surface area contributed by atoms with Crippen molar-refractivity contribution in [1.29, 1.82) is 0 Å². The SMILES string of the molecule is Cc1nccc(C2NCC(C)CS2)n1. The molecule has 3 nitrogen and oxygen atoms in total. The van der Waals surface area contributed by atoms with Gasteiger partial charge in [-0.15, -0.1) is 11.8 Å². The summed E-state index contributed by atoms with van der Waals surface area (Å²) in [5, 5.41) is 3.84. The molecule has 2 atom stereocenters. The highest BCUT2D eigenvalue weighted by Crippen LogP contribution is 2.29. The number of thioether (sulfide) groups is 1. The molecule has 1 N–H and O–H groups in total. The van der Waals surface area contributed by atoms with E-state index in [1.54, 1.807) is 0 Å². The Morgan fingerprint density at radius 2 is 2.43 bits per heavy atom. The lowest BCUT2D eigenvalue weighted by molar-refractivity contribution is 0.524. The molecule has 1 fully saturated rings. The first kappa shape index (κ1) is 9.93. The molecule has 2 rings (SSSR count). The molecule has 0 radical (unpaired) electrons. The summed E-state index contributed by atoms with van der Waals surface area (Å²) in [6.07, 6.45) is 1.83. The number of aryl methyl sites for hydroxylation is 1. The van der Waals surface area contributed by atoms with E-state index in [0.29, 0.717) is 5.37 Å². The van der Waals surface area contributed by atoms with Crippen LogP contribution in [0.15, 0.2) is 12.3 Å². The smallest absolute Gasteiger partial charge is 0.125 e. The molecule has 0 amide bonds. The fourth-order valence-corrected chi connectivity index (χ4v) is 2.65. The van der Waals surface area contributed by atoms with Gasteiger partial charge in [-0.2, -0.15) is 0 Å². The summed E-state index contributed by atoms with van der Waals surface area (Å²) in [4.78, 5) is 8.53. The van der Waals surface area contributed by atoms with Crippen molar-refractivity contribution >= 4 is 11.8 Å². The molecule has 1 saturated heterocycles. The van der Waals surface area contributed by atoms with Crippen LogP contribution in [0.3, 0.4) is 0 Å². The molecule has 0 saturated carbocycles. The van der Waals surface area contributed by atoms with Crippen LogP contribution in [-0.4, -0.2) is 22.3 Å². The molecule has 76 valence electrons. The fourth-order valence-electron chi connectivity index (χ4n) is 1.50. The van der Waals surface area contributed by atoms with Crippen molar-refractivity contribution in [2.24, 2.45) is 5.92 Å². The lowest BCUT2D eigenvalue weighted by atomic mass is 10.2. The molecular formula is C10H15N3S. The second-order valence-corrected chi connectivity index (χ2v) is 4.89. The van der Waals surface area contributed by atoms with Crippen LogP contribution < -0.4 is 5.32 Å². The summed E-state index contributed by atoms with van der Waals surface area (Å²) in [5.74, 6) is 2.82. The molecule has 4 heteroatoms. The third kappa shape index (κ3) is 2.25. The summed E-state index contributed by atoms with van der Waals surface area (Å²) < 4.78 is 0. The largest absolute Gasteiger partial charge is 0.300 e. The van der Waals surface area contributed by atoms with E-state index in [1.807, 2.05) is 30.9 Å². The van der Waals surface area contributed by atoms with E-state index in [-0.39, 0.29) is 0 Å². The third-order valence-corrected chi connectivity index (χ3v) is 3.77. The highest BCUT2D eigenvalue weighted by molar-refractivity contribution is 7.99. The van der Waals surface area contributed by atoms with E-state index >= 15 is 0 Å². The Kier molecular flexibility index (Phi) is 3.03. The molecule has 1 aliphatic rings. The Hall–Kier alpha value is -0.610. The maximum Gasteiger partial charge on any atom is 0.125 e. The van der Waals surface area contributed by atoms with Crippen LogP contribution in [0.5, 0.6) is 0 Å². The number of rotatable bonds is 1. The van der Waals surface area contributed by atoms with Gasteiger partial charge in [0.25, 0.3) is 0 Å². The number of hydrogen-bond acceptors (Lipinski definition) is 4. The lowest BCUT2D eigenvalue weighted by Gasteiger charge is -2.26. The number of nitrogens with one attached hydrogen (secondary N) is 1. The zero-order valence-electron chi connectivity index (χ0n) is 8.53. The van der Waals surface area contributed by atoms with Crippen LogP contribution in [-0.2, 0) is 0 Å². The average molecular weight is 209 g/mol. The highest BCUT2D eigenvalue weighted by atomic mass is 32.2. The maximum absolute atomic E-state index is 4.43. The summed E-state index contributed by atoms with van der Waals surface area (Å²) in [6.45, 7) is 5.28. The third-order valence-electron chi connectivity index (χ3n) is 2.27. The summed E-state index contributed by atoms with van der Waals surface area (Å²) >= 11 is 1.93. The van der Waals surface area contributed by atoms with Gasteiger partial charge in [-0.3, -0.25) is 0 Å². The van der Waals surface area contributed by atoms with Crippen molar-refractivity contribution in [2.75, 3.05) is 12.3 Å². The summed E-state index contributed by atoms with van der Waals surface area (Å²) in [6, 6.07) is 1.99. The molecule has 1 aromatic rings. The van der Waals surface area contributed by atoms with Gasteiger partial charge >= 0.3 is 0 Å². The van der Waals surface area contributed by atoms with E-state index < -0.39 is 0 Å². The maximum atomic E-state index is 4.43. The second-order valence-electron chi connectivity index (χ2n) is 3.76. The van der Waals surface area contributed by atoms with Gasteiger partial charge in [0.05, 0.1) is 11.1 Å². The van der Waals surface area contributed by atoms with Gasteiger partial charge in [0.1, 0.15) is 5.82 Å². The molecule has 0 spiro atoms. The van der Waals surface area contributed by atoms with Crippen molar-refractivity contribution in [2.45, 2.75) is 19.2 Å². The van der Waals surface area contributed by atoms with E-state index in [1.165, 1.54) is 5.75 Å². The van der Waals surface area contributed by atoms with Crippen molar-refractivity contribution < 1.29 is 0 Å². The number of hydrogen-bond donors (Lipinski definition) is 1. The second kappa shape index (κ2) is 4.28. The van der Waals surface area contributed by atoms with Gasteiger partial charge in [-0.05, 0) is 31.2 Å². The van der Waals surface area contributed by atoms with Gasteiger partial charge in [-0.1, -0.05) is 6.92 Å². The molecule has 0 aliphatic carbocycles. The van der Waals surface area contributed by atoms with Crippen molar-refractivity contribution in [3.8, 4) is 0 Å². The average Bonchev–Trinajstić information content (AvgIpc) is 2.19. The molecule has 1 aromatic heterocycles. The zero-order valence-corrected chi connectivity index (χ0v) is 9.34. The van der Waals surface area contributed by atoms with Crippen LogP contribution in [0.2, 0.25) is 0 Å². The first-order chi connectivity index (χ1) is 6.75. The molecular weight excluding hydrogens is 194 g/mol. The Morgan fingerprint density at radius 3 is 3.07 bits per heavy atom. The van der Waals surface area contributed by atoms with Crippen LogP contribution in [0.25, 0.3) is 0 Å². The minimum atomic E-state index is 0.355. The molecule has 0 aromatic carbocycles. The molecule has 1 aliphatic heterocycles. The van der Waals surface area contributed by atoms with Crippen molar-refractivity contribution in [3.63, 3.8) is 0 Å². The lowest BCUT2D eigenvalue weighted by Crippen LogP contribution is -2.31. The van der Waals surface area contributed by atoms with E-state index in [4.69, 9.17) is 0 Å². The Morgan fingerprint density at radius 1 is 1.57 bits per heavy atom. The van der Waals surface area contributed by atoms with Crippen LogP contribution in [0.1, 0.15) is 23.8 Å². The standard InChI is InChI=1S/C10H15N3S/c1-7-5-12-10(14-6-7)9-3-4-11-8(2)13-9/h3-4,7,10,12H,5-6H2,1-2H3. The van der Waals surface area contributed by atoms with Gasteiger partial charge < -0.3 is 5.32 Å². The molecule has 0 bridgehead atoms. The predicted octanol–water partition coefficient (Wildman–Crippen LogP) is 1.76. The van der Waals surface area contributed by atoms with Crippen LogP contribution in [0.4, 0.5) is 0 Å². The topological polar surface area (TPSA) is 37.8 Å². The number of aromatic nitrogens is 2. The normalized spacial score (nSPS) is 27.6. The summed E-state index contributed by atoms with van der Waals surface area (Å²) in [5.41, 5.74) is 1.11. The summed E-state index contributed by atoms with van der Waals surface area (Å²) in [7, 11) is 0. The van der Waals surface area contributed by atoms with E-state index in [0.717, 1.165) is 24.0 Å². The Bertz CT molecular complexity index is 308. The predicted molar refractivity (Wildman–Crippen MR) is 59.1 cm³/mol.